The van der Waals surface area contributed by atoms with Crippen molar-refractivity contribution in [2.24, 2.45) is 5.73 Å². The average Bonchev–Trinajstić information content (AvgIpc) is 2.41. The van der Waals surface area contributed by atoms with Gasteiger partial charge in [0.15, 0.2) is 0 Å². The lowest BCUT2D eigenvalue weighted by Gasteiger charge is -2.14. The summed E-state index contributed by atoms with van der Waals surface area (Å²) < 4.78 is 32.3. The van der Waals surface area contributed by atoms with E-state index in [-0.39, 0.29) is 18.0 Å². The Morgan fingerprint density at radius 3 is 2.33 bits per heavy atom. The van der Waals surface area contributed by atoms with Crippen molar-refractivity contribution in [3.8, 4) is 5.75 Å². The van der Waals surface area contributed by atoms with E-state index < -0.39 is 11.6 Å². The summed E-state index contributed by atoms with van der Waals surface area (Å²) >= 11 is 0. The molecule has 0 aliphatic rings. The Kier molecular flexibility index (Phi) is 4.21. The van der Waals surface area contributed by atoms with Gasteiger partial charge in [-0.2, -0.15) is 0 Å². The van der Waals surface area contributed by atoms with Crippen molar-refractivity contribution in [3.05, 3.63) is 64.2 Å². The van der Waals surface area contributed by atoms with Crippen LogP contribution in [0.4, 0.5) is 8.78 Å². The van der Waals surface area contributed by atoms with Crippen LogP contribution < -0.4 is 10.5 Å². The molecule has 110 valence electrons. The fourth-order valence-corrected chi connectivity index (χ4v) is 2.14. The van der Waals surface area contributed by atoms with Crippen LogP contribution in [0.1, 0.15) is 22.3 Å². The van der Waals surface area contributed by atoms with Gasteiger partial charge in [-0.15, -0.1) is 0 Å². The molecule has 0 spiro atoms. The first kappa shape index (κ1) is 15.0. The van der Waals surface area contributed by atoms with Crippen LogP contribution in [-0.4, -0.2) is 5.84 Å². The number of halogens is 2. The van der Waals surface area contributed by atoms with Crippen molar-refractivity contribution in [2.75, 3.05) is 0 Å². The summed E-state index contributed by atoms with van der Waals surface area (Å²) in [4.78, 5) is 0. The number of nitrogens with one attached hydrogen (secondary N) is 1. The third kappa shape index (κ3) is 3.37. The predicted molar refractivity (Wildman–Crippen MR) is 77.6 cm³/mol. The van der Waals surface area contributed by atoms with Crippen molar-refractivity contribution in [3.63, 3.8) is 0 Å². The summed E-state index contributed by atoms with van der Waals surface area (Å²) in [6, 6.07) is 6.71. The monoisotopic (exact) mass is 290 g/mol. The maximum absolute atomic E-state index is 13.6. The van der Waals surface area contributed by atoms with Crippen LogP contribution in [0.5, 0.6) is 5.75 Å². The molecule has 0 aromatic heterocycles. The Bertz CT molecular complexity index is 676. The second-order valence-corrected chi connectivity index (χ2v) is 4.88. The van der Waals surface area contributed by atoms with Crippen LogP contribution in [0.25, 0.3) is 0 Å². The van der Waals surface area contributed by atoms with E-state index in [0.717, 1.165) is 29.3 Å². The molecule has 0 bridgehead atoms. The van der Waals surface area contributed by atoms with Gasteiger partial charge in [0.25, 0.3) is 0 Å². The summed E-state index contributed by atoms with van der Waals surface area (Å²) in [7, 11) is 0. The molecule has 2 aromatic carbocycles. The van der Waals surface area contributed by atoms with Crippen molar-refractivity contribution >= 4 is 5.84 Å². The Hall–Kier alpha value is -2.43. The third-order valence-electron chi connectivity index (χ3n) is 3.15. The van der Waals surface area contributed by atoms with E-state index in [4.69, 9.17) is 15.9 Å². The van der Waals surface area contributed by atoms with Crippen LogP contribution in [0.3, 0.4) is 0 Å². The lowest BCUT2D eigenvalue weighted by molar-refractivity contribution is 0.295. The molecule has 0 amide bonds. The van der Waals surface area contributed by atoms with Crippen molar-refractivity contribution in [1.82, 2.24) is 0 Å². The highest BCUT2D eigenvalue weighted by Gasteiger charge is 2.10. The van der Waals surface area contributed by atoms with Gasteiger partial charge in [0.2, 0.25) is 0 Å². The van der Waals surface area contributed by atoms with E-state index in [2.05, 4.69) is 0 Å². The number of amidine groups is 1. The van der Waals surface area contributed by atoms with Crippen LogP contribution in [-0.2, 0) is 6.61 Å². The first-order valence-corrected chi connectivity index (χ1v) is 6.41. The lowest BCUT2D eigenvalue weighted by Crippen LogP contribution is -2.12. The fraction of sp³-hybridized carbons (Fsp3) is 0.188. The second kappa shape index (κ2) is 5.91. The molecule has 0 aliphatic heterocycles. The molecule has 5 heteroatoms. The number of nitrogens with two attached hydrogens (primary N) is 1. The zero-order chi connectivity index (χ0) is 15.6. The minimum absolute atomic E-state index is 0.0241. The average molecular weight is 290 g/mol. The molecule has 0 atom stereocenters. The van der Waals surface area contributed by atoms with Gasteiger partial charge in [0, 0.05) is 11.1 Å². The molecule has 0 heterocycles. The maximum Gasteiger partial charge on any atom is 0.130 e. The SMILES string of the molecule is Cc1cc(C(=N)N)cc(C)c1OCc1cc(F)ccc1F. The number of hydrogen-bond donors (Lipinski definition) is 2. The summed E-state index contributed by atoms with van der Waals surface area (Å²) in [5.74, 6) is -0.449. The first-order chi connectivity index (χ1) is 9.88. The van der Waals surface area contributed by atoms with Crippen molar-refractivity contribution in [1.29, 1.82) is 5.41 Å². The number of aryl methyl sites for hydroxylation is 2. The molecule has 0 radical (unpaired) electrons. The van der Waals surface area contributed by atoms with Crippen LogP contribution in [0.15, 0.2) is 30.3 Å². The van der Waals surface area contributed by atoms with Gasteiger partial charge < -0.3 is 10.5 Å². The van der Waals surface area contributed by atoms with E-state index in [1.165, 1.54) is 0 Å². The van der Waals surface area contributed by atoms with E-state index in [0.29, 0.717) is 11.3 Å². The molecule has 0 unspecified atom stereocenters. The van der Waals surface area contributed by atoms with E-state index in [1.54, 1.807) is 12.1 Å². The standard InChI is InChI=1S/C16H16F2N2O/c1-9-5-11(16(19)20)6-10(2)15(9)21-8-12-7-13(17)3-4-14(12)18/h3-7H,8H2,1-2H3,(H3,19,20). The maximum atomic E-state index is 13.6. The molecular formula is C16H16F2N2O. The summed E-state index contributed by atoms with van der Waals surface area (Å²) in [5, 5.41) is 7.43. The predicted octanol–water partition coefficient (Wildman–Crippen LogP) is 3.44. The highest BCUT2D eigenvalue weighted by molar-refractivity contribution is 5.95. The smallest absolute Gasteiger partial charge is 0.130 e. The van der Waals surface area contributed by atoms with Gasteiger partial charge in [0.1, 0.15) is 29.8 Å². The molecular weight excluding hydrogens is 274 g/mol. The highest BCUT2D eigenvalue weighted by Crippen LogP contribution is 2.26. The minimum Gasteiger partial charge on any atom is -0.488 e. The van der Waals surface area contributed by atoms with Gasteiger partial charge in [0.05, 0.1) is 0 Å². The molecule has 0 saturated heterocycles. The van der Waals surface area contributed by atoms with Crippen LogP contribution in [0.2, 0.25) is 0 Å². The Morgan fingerprint density at radius 1 is 1.14 bits per heavy atom. The van der Waals surface area contributed by atoms with Crippen LogP contribution in [0, 0.1) is 30.9 Å². The molecule has 21 heavy (non-hydrogen) atoms. The zero-order valence-electron chi connectivity index (χ0n) is 11.8. The number of rotatable bonds is 4. The number of ether oxygens (including phenoxy) is 1. The zero-order valence-corrected chi connectivity index (χ0v) is 11.8. The number of benzene rings is 2. The third-order valence-corrected chi connectivity index (χ3v) is 3.15. The molecule has 0 aliphatic carbocycles. The normalized spacial score (nSPS) is 10.5. The van der Waals surface area contributed by atoms with E-state index >= 15 is 0 Å². The second-order valence-electron chi connectivity index (χ2n) is 4.88. The summed E-state index contributed by atoms with van der Waals surface area (Å²) in [6.07, 6.45) is 0. The Morgan fingerprint density at radius 2 is 1.76 bits per heavy atom. The first-order valence-electron chi connectivity index (χ1n) is 6.41. The Balaban J connectivity index is 2.24. The van der Waals surface area contributed by atoms with E-state index in [1.807, 2.05) is 13.8 Å². The summed E-state index contributed by atoms with van der Waals surface area (Å²) in [5.41, 5.74) is 7.79. The topological polar surface area (TPSA) is 59.1 Å². The van der Waals surface area contributed by atoms with Gasteiger partial charge in [-0.1, -0.05) is 0 Å². The van der Waals surface area contributed by atoms with E-state index in [9.17, 15) is 8.78 Å². The molecule has 0 saturated carbocycles. The lowest BCUT2D eigenvalue weighted by atomic mass is 10.1. The highest BCUT2D eigenvalue weighted by atomic mass is 19.1. The van der Waals surface area contributed by atoms with Gasteiger partial charge >= 0.3 is 0 Å². The quantitative estimate of drug-likeness (QED) is 0.669. The Labute approximate surface area is 121 Å². The van der Waals surface area contributed by atoms with Gasteiger partial charge in [-0.25, -0.2) is 8.78 Å². The van der Waals surface area contributed by atoms with Crippen molar-refractivity contribution in [2.45, 2.75) is 20.5 Å². The van der Waals surface area contributed by atoms with Gasteiger partial charge in [-0.3, -0.25) is 5.41 Å². The molecule has 2 aromatic rings. The minimum atomic E-state index is -0.507. The molecule has 3 N–H and O–H groups in total. The molecule has 3 nitrogen and oxygen atoms in total. The van der Waals surface area contributed by atoms with Gasteiger partial charge in [-0.05, 0) is 55.3 Å². The number of hydrogen-bond acceptors (Lipinski definition) is 2. The fourth-order valence-electron chi connectivity index (χ4n) is 2.14. The largest absolute Gasteiger partial charge is 0.488 e. The summed E-state index contributed by atoms with van der Waals surface area (Å²) in [6.45, 7) is 3.57. The molecule has 0 fully saturated rings. The molecule has 2 rings (SSSR count). The number of nitrogen functional groups attached to an aromatic ring is 1. The van der Waals surface area contributed by atoms with Crippen LogP contribution >= 0.6 is 0 Å². The van der Waals surface area contributed by atoms with Crippen molar-refractivity contribution < 1.29 is 13.5 Å².